The van der Waals surface area contributed by atoms with E-state index in [9.17, 15) is 9.36 Å². The zero-order valence-corrected chi connectivity index (χ0v) is 22.9. The second-order valence-electron chi connectivity index (χ2n) is 8.72. The molecule has 14 heteroatoms. The van der Waals surface area contributed by atoms with Gasteiger partial charge in [-0.15, -0.1) is 0 Å². The molecule has 2 heterocycles. The predicted molar refractivity (Wildman–Crippen MR) is 140 cm³/mol. The maximum Gasteiger partial charge on any atom is 0.342 e. The molecule has 3 aromatic rings. The number of carbonyl (C=O) groups is 1. The van der Waals surface area contributed by atoms with Crippen LogP contribution in [0.1, 0.15) is 27.7 Å². The number of hydrogen-bond acceptors (Lipinski definition) is 10. The fraction of sp³-hybridized carbons (Fsp3) is 0.478. The Morgan fingerprint density at radius 3 is 2.65 bits per heavy atom. The molecule has 0 saturated carbocycles. The molecule has 0 radical (unpaired) electrons. The molecule has 3 rings (SSSR count). The fourth-order valence-corrected chi connectivity index (χ4v) is 5.47. The summed E-state index contributed by atoms with van der Waals surface area (Å²) in [4.78, 5) is 25.1. The molecule has 202 valence electrons. The van der Waals surface area contributed by atoms with Crippen LogP contribution < -0.4 is 15.3 Å². The highest BCUT2D eigenvalue weighted by molar-refractivity contribution is 7.57. The Kier molecular flexibility index (Phi) is 9.86. The number of hydrogen-bond donors (Lipinski definition) is 2. The number of halogens is 1. The lowest BCUT2D eigenvalue weighted by Crippen LogP contribution is -2.47. The molecule has 0 amide bonds. The highest BCUT2D eigenvalue weighted by Crippen LogP contribution is 2.45. The van der Waals surface area contributed by atoms with E-state index in [0.29, 0.717) is 35.1 Å². The average Bonchev–Trinajstić information content (AvgIpc) is 3.25. The van der Waals surface area contributed by atoms with Crippen LogP contribution in [0.2, 0.25) is 5.02 Å². The number of rotatable bonds is 14. The van der Waals surface area contributed by atoms with Crippen molar-refractivity contribution in [2.24, 2.45) is 0 Å². The van der Waals surface area contributed by atoms with Crippen molar-refractivity contribution >= 4 is 42.1 Å². The van der Waals surface area contributed by atoms with Crippen LogP contribution in [0.5, 0.6) is 5.75 Å². The predicted octanol–water partition coefficient (Wildman–Crippen LogP) is 3.64. The number of benzene rings is 1. The van der Waals surface area contributed by atoms with Gasteiger partial charge in [0.1, 0.15) is 36.1 Å². The molecular formula is C23H32ClN6O6P. The van der Waals surface area contributed by atoms with Gasteiger partial charge in [0, 0.05) is 11.6 Å². The number of nitrogen functional groups attached to an aromatic ring is 1. The SMILES string of the molecule is CCOCCOC(=O)C(C)(C)NP(=O)(COC(C)Cn1cnc2c(N)ncnc21)Oc1ccc(Cl)cc1. The lowest BCUT2D eigenvalue weighted by Gasteiger charge is -2.30. The zero-order valence-electron chi connectivity index (χ0n) is 21.2. The third-order valence-corrected chi connectivity index (χ3v) is 7.25. The van der Waals surface area contributed by atoms with Gasteiger partial charge in [-0.1, -0.05) is 11.6 Å². The third-order valence-electron chi connectivity index (χ3n) is 5.10. The summed E-state index contributed by atoms with van der Waals surface area (Å²) < 4.78 is 37.9. The van der Waals surface area contributed by atoms with Gasteiger partial charge >= 0.3 is 13.5 Å². The first-order chi connectivity index (χ1) is 17.5. The minimum Gasteiger partial charge on any atom is -0.462 e. The maximum atomic E-state index is 13.9. The summed E-state index contributed by atoms with van der Waals surface area (Å²) in [5.74, 6) is -0.0371. The molecule has 37 heavy (non-hydrogen) atoms. The molecule has 2 unspecified atom stereocenters. The van der Waals surface area contributed by atoms with Crippen molar-refractivity contribution in [3.05, 3.63) is 41.9 Å². The summed E-state index contributed by atoms with van der Waals surface area (Å²) in [6, 6.07) is 6.37. The van der Waals surface area contributed by atoms with E-state index in [1.807, 2.05) is 6.92 Å². The summed E-state index contributed by atoms with van der Waals surface area (Å²) in [6.07, 6.45) is 2.17. The number of ether oxygens (including phenoxy) is 3. The maximum absolute atomic E-state index is 13.9. The van der Waals surface area contributed by atoms with E-state index in [0.717, 1.165) is 0 Å². The lowest BCUT2D eigenvalue weighted by molar-refractivity contribution is -0.151. The first-order valence-corrected chi connectivity index (χ1v) is 13.8. The first-order valence-electron chi connectivity index (χ1n) is 11.6. The Morgan fingerprint density at radius 2 is 1.95 bits per heavy atom. The number of nitrogens with two attached hydrogens (primary N) is 1. The van der Waals surface area contributed by atoms with E-state index in [2.05, 4.69) is 20.0 Å². The van der Waals surface area contributed by atoms with Crippen molar-refractivity contribution in [3.63, 3.8) is 0 Å². The van der Waals surface area contributed by atoms with E-state index >= 15 is 0 Å². The van der Waals surface area contributed by atoms with Crippen LogP contribution in [0.4, 0.5) is 5.82 Å². The van der Waals surface area contributed by atoms with Crippen molar-refractivity contribution in [2.45, 2.75) is 45.9 Å². The number of aromatic nitrogens is 4. The smallest absolute Gasteiger partial charge is 0.342 e. The molecule has 0 aliphatic heterocycles. The van der Waals surface area contributed by atoms with Crippen LogP contribution in [-0.4, -0.2) is 63.3 Å². The van der Waals surface area contributed by atoms with Crippen LogP contribution in [0, 0.1) is 0 Å². The van der Waals surface area contributed by atoms with Gasteiger partial charge in [-0.3, -0.25) is 9.36 Å². The van der Waals surface area contributed by atoms with Gasteiger partial charge in [0.2, 0.25) is 0 Å². The summed E-state index contributed by atoms with van der Waals surface area (Å²) in [5.41, 5.74) is 5.54. The highest BCUT2D eigenvalue weighted by atomic mass is 35.5. The Morgan fingerprint density at radius 1 is 1.22 bits per heavy atom. The van der Waals surface area contributed by atoms with Gasteiger partial charge in [-0.05, 0) is 52.0 Å². The van der Waals surface area contributed by atoms with Crippen LogP contribution in [0.15, 0.2) is 36.9 Å². The molecule has 1 aromatic carbocycles. The van der Waals surface area contributed by atoms with Gasteiger partial charge < -0.3 is 29.0 Å². The number of nitrogens with zero attached hydrogens (tertiary/aromatic N) is 4. The van der Waals surface area contributed by atoms with Crippen molar-refractivity contribution < 1.29 is 28.1 Å². The number of imidazole rings is 1. The standard InChI is InChI=1S/C23H32ClN6O6P/c1-5-33-10-11-34-22(31)23(3,4)29-37(32,36-18-8-6-17(24)7-9-18)15-35-16(2)12-30-14-28-19-20(25)26-13-27-21(19)30/h6-9,13-14,16H,5,10-12,15H2,1-4H3,(H,29,32)(H2,25,26,27). The van der Waals surface area contributed by atoms with E-state index < -0.39 is 25.1 Å². The Hall–Kier alpha value is -2.76. The Labute approximate surface area is 220 Å². The van der Waals surface area contributed by atoms with Gasteiger partial charge in [0.15, 0.2) is 11.5 Å². The quantitative estimate of drug-likeness (QED) is 0.170. The summed E-state index contributed by atoms with van der Waals surface area (Å²) in [6.45, 7) is 7.94. The molecule has 0 spiro atoms. The average molecular weight is 555 g/mol. The number of fused-ring (bicyclic) bond motifs is 1. The largest absolute Gasteiger partial charge is 0.462 e. The molecule has 2 aromatic heterocycles. The second kappa shape index (κ2) is 12.7. The topological polar surface area (TPSA) is 153 Å². The highest BCUT2D eigenvalue weighted by Gasteiger charge is 2.39. The van der Waals surface area contributed by atoms with Gasteiger partial charge in [-0.2, -0.15) is 0 Å². The molecule has 0 fully saturated rings. The fourth-order valence-electron chi connectivity index (χ4n) is 3.32. The number of nitrogens with one attached hydrogen (secondary N) is 1. The van der Waals surface area contributed by atoms with Crippen molar-refractivity contribution in [3.8, 4) is 5.75 Å². The van der Waals surface area contributed by atoms with E-state index in [1.165, 1.54) is 6.33 Å². The molecule has 0 aliphatic carbocycles. The normalized spacial score (nSPS) is 14.3. The molecule has 12 nitrogen and oxygen atoms in total. The van der Waals surface area contributed by atoms with Crippen LogP contribution >= 0.6 is 19.1 Å². The molecule has 0 aliphatic rings. The minimum atomic E-state index is -3.79. The molecular weight excluding hydrogens is 523 g/mol. The minimum absolute atomic E-state index is 0.0700. The lowest BCUT2D eigenvalue weighted by atomic mass is 10.1. The van der Waals surface area contributed by atoms with Crippen LogP contribution in [0.3, 0.4) is 0 Å². The zero-order chi connectivity index (χ0) is 27.1. The van der Waals surface area contributed by atoms with Crippen molar-refractivity contribution in [2.75, 3.05) is 31.9 Å². The number of carbonyl (C=O) groups excluding carboxylic acids is 1. The molecule has 2 atom stereocenters. The summed E-state index contributed by atoms with van der Waals surface area (Å²) >= 11 is 5.96. The van der Waals surface area contributed by atoms with Crippen LogP contribution in [-0.2, 0) is 30.1 Å². The summed E-state index contributed by atoms with van der Waals surface area (Å²) in [7, 11) is -3.79. The molecule has 3 N–H and O–H groups in total. The monoisotopic (exact) mass is 554 g/mol. The summed E-state index contributed by atoms with van der Waals surface area (Å²) in [5, 5.41) is 3.32. The van der Waals surface area contributed by atoms with Gasteiger partial charge in [-0.25, -0.2) is 20.0 Å². The third kappa shape index (κ3) is 8.11. The number of esters is 1. The molecule has 0 saturated heterocycles. The first kappa shape index (κ1) is 28.8. The second-order valence-corrected chi connectivity index (χ2v) is 11.2. The van der Waals surface area contributed by atoms with Crippen molar-refractivity contribution in [1.29, 1.82) is 0 Å². The van der Waals surface area contributed by atoms with Crippen molar-refractivity contribution in [1.82, 2.24) is 24.6 Å². The van der Waals surface area contributed by atoms with Gasteiger partial charge in [0.25, 0.3) is 0 Å². The van der Waals surface area contributed by atoms with E-state index in [1.54, 1.807) is 55.9 Å². The van der Waals surface area contributed by atoms with Gasteiger partial charge in [0.05, 0.1) is 25.6 Å². The Bertz CT molecular complexity index is 1240. The molecule has 0 bridgehead atoms. The van der Waals surface area contributed by atoms with E-state index in [4.69, 9.17) is 36.1 Å². The Balaban J connectivity index is 1.71. The van der Waals surface area contributed by atoms with E-state index in [-0.39, 0.29) is 25.4 Å². The van der Waals surface area contributed by atoms with Crippen LogP contribution in [0.25, 0.3) is 11.2 Å². The number of anilines is 1.